The first kappa shape index (κ1) is 14.2. The maximum absolute atomic E-state index is 12.2. The first-order valence-corrected chi connectivity index (χ1v) is 7.72. The van der Waals surface area contributed by atoms with E-state index in [9.17, 15) is 8.42 Å². The molecule has 1 unspecified atom stereocenters. The molecular formula is C12H19N3O3S. The van der Waals surface area contributed by atoms with E-state index >= 15 is 0 Å². The molecular weight excluding hydrogens is 266 g/mol. The van der Waals surface area contributed by atoms with Crippen LogP contribution in [0, 0.1) is 0 Å². The topological polar surface area (TPSA) is 80.3 Å². The third-order valence-corrected chi connectivity index (χ3v) is 4.59. The Balaban J connectivity index is 2.14. The van der Waals surface area contributed by atoms with Crippen LogP contribution in [0.25, 0.3) is 0 Å². The third kappa shape index (κ3) is 3.23. The van der Waals surface area contributed by atoms with Gasteiger partial charge < -0.3 is 10.1 Å². The van der Waals surface area contributed by atoms with Gasteiger partial charge in [-0.3, -0.25) is 0 Å². The van der Waals surface area contributed by atoms with Gasteiger partial charge >= 0.3 is 0 Å². The summed E-state index contributed by atoms with van der Waals surface area (Å²) in [5, 5.41) is 2.84. The second kappa shape index (κ2) is 5.44. The molecule has 2 heterocycles. The molecule has 106 valence electrons. The molecule has 0 saturated carbocycles. The normalized spacial score (nSPS) is 23.5. The van der Waals surface area contributed by atoms with Crippen LogP contribution in [-0.2, 0) is 14.8 Å². The fourth-order valence-electron chi connectivity index (χ4n) is 2.09. The summed E-state index contributed by atoms with van der Waals surface area (Å²) in [4.78, 5) is 3.94. The number of rotatable bonds is 5. The lowest BCUT2D eigenvalue weighted by atomic mass is 10.0. The van der Waals surface area contributed by atoms with E-state index in [1.165, 1.54) is 6.20 Å². The Kier molecular flexibility index (Phi) is 4.07. The van der Waals surface area contributed by atoms with Gasteiger partial charge in [0.1, 0.15) is 0 Å². The average molecular weight is 285 g/mol. The molecule has 1 aliphatic heterocycles. The molecule has 1 aliphatic rings. The lowest BCUT2D eigenvalue weighted by Crippen LogP contribution is -2.40. The number of nitrogens with zero attached hydrogens (tertiary/aromatic N) is 1. The lowest BCUT2D eigenvalue weighted by Gasteiger charge is -2.23. The van der Waals surface area contributed by atoms with Gasteiger partial charge in [-0.15, -0.1) is 0 Å². The summed E-state index contributed by atoms with van der Waals surface area (Å²) in [7, 11) is -1.97. The van der Waals surface area contributed by atoms with Crippen molar-refractivity contribution in [3.05, 3.63) is 18.3 Å². The van der Waals surface area contributed by atoms with Crippen molar-refractivity contribution in [2.75, 3.05) is 25.5 Å². The predicted octanol–water partition coefficient (Wildman–Crippen LogP) is 0.971. The summed E-state index contributed by atoms with van der Waals surface area (Å²) in [5.41, 5.74) is 0.0641. The molecule has 0 aromatic carbocycles. The Morgan fingerprint density at radius 3 is 2.95 bits per heavy atom. The molecule has 0 amide bonds. The number of pyridine rings is 1. The molecule has 1 aromatic heterocycles. The van der Waals surface area contributed by atoms with E-state index in [0.29, 0.717) is 12.3 Å². The Hall–Kier alpha value is -1.18. The van der Waals surface area contributed by atoms with Crippen LogP contribution in [-0.4, -0.2) is 39.2 Å². The van der Waals surface area contributed by atoms with Gasteiger partial charge in [0, 0.05) is 26.4 Å². The maximum atomic E-state index is 12.2. The van der Waals surface area contributed by atoms with Gasteiger partial charge in [0.25, 0.3) is 10.0 Å². The standard InChI is InChI=1S/C12H19N3O3S/c1-12(6-4-8-18-12)9-15-19(16,17)11-10(13-2)5-3-7-14-11/h3,5,7,13,15H,4,6,8-9H2,1-2H3. The quantitative estimate of drug-likeness (QED) is 0.842. The van der Waals surface area contributed by atoms with Crippen molar-refractivity contribution in [1.29, 1.82) is 0 Å². The van der Waals surface area contributed by atoms with Gasteiger partial charge in [-0.05, 0) is 31.9 Å². The zero-order valence-corrected chi connectivity index (χ0v) is 12.0. The van der Waals surface area contributed by atoms with Crippen LogP contribution in [0.1, 0.15) is 19.8 Å². The number of sulfonamides is 1. The van der Waals surface area contributed by atoms with Gasteiger partial charge in [0.05, 0.1) is 11.3 Å². The zero-order valence-electron chi connectivity index (χ0n) is 11.1. The van der Waals surface area contributed by atoms with Crippen LogP contribution in [0.4, 0.5) is 5.69 Å². The fourth-order valence-corrected chi connectivity index (χ4v) is 3.38. The molecule has 1 fully saturated rings. The minimum Gasteiger partial charge on any atom is -0.386 e. The molecule has 0 spiro atoms. The maximum Gasteiger partial charge on any atom is 0.260 e. The van der Waals surface area contributed by atoms with Crippen LogP contribution in [0.5, 0.6) is 0 Å². The Morgan fingerprint density at radius 1 is 1.53 bits per heavy atom. The van der Waals surface area contributed by atoms with Crippen molar-refractivity contribution >= 4 is 15.7 Å². The molecule has 2 N–H and O–H groups in total. The fraction of sp³-hybridized carbons (Fsp3) is 0.583. The molecule has 6 nitrogen and oxygen atoms in total. The molecule has 1 atom stereocenters. The third-order valence-electron chi connectivity index (χ3n) is 3.23. The number of ether oxygens (including phenoxy) is 1. The number of aromatic nitrogens is 1. The highest BCUT2D eigenvalue weighted by atomic mass is 32.2. The van der Waals surface area contributed by atoms with E-state index in [0.717, 1.165) is 12.8 Å². The molecule has 1 aromatic rings. The second-order valence-corrected chi connectivity index (χ2v) is 6.51. The Morgan fingerprint density at radius 2 is 2.32 bits per heavy atom. The van der Waals surface area contributed by atoms with E-state index in [1.807, 2.05) is 6.92 Å². The molecule has 0 bridgehead atoms. The van der Waals surface area contributed by atoms with Crippen molar-refractivity contribution in [3.63, 3.8) is 0 Å². The van der Waals surface area contributed by atoms with Crippen molar-refractivity contribution < 1.29 is 13.2 Å². The van der Waals surface area contributed by atoms with E-state index in [4.69, 9.17) is 4.74 Å². The Labute approximate surface area is 113 Å². The molecule has 0 aliphatic carbocycles. The second-order valence-electron chi connectivity index (χ2n) is 4.83. The van der Waals surface area contributed by atoms with Crippen molar-refractivity contribution in [2.45, 2.75) is 30.4 Å². The van der Waals surface area contributed by atoms with E-state index in [2.05, 4.69) is 15.0 Å². The SMILES string of the molecule is CNc1cccnc1S(=O)(=O)NCC1(C)CCCO1. The van der Waals surface area contributed by atoms with Gasteiger partial charge in [0.2, 0.25) is 0 Å². The van der Waals surface area contributed by atoms with Crippen molar-refractivity contribution in [2.24, 2.45) is 0 Å². The minimum absolute atomic E-state index is 0.0131. The van der Waals surface area contributed by atoms with E-state index in [1.54, 1.807) is 19.2 Å². The summed E-state index contributed by atoms with van der Waals surface area (Å²) in [6.07, 6.45) is 3.28. The number of nitrogens with one attached hydrogen (secondary N) is 2. The highest BCUT2D eigenvalue weighted by molar-refractivity contribution is 7.89. The summed E-state index contributed by atoms with van der Waals surface area (Å²) in [5.74, 6) is 0. The molecule has 0 radical (unpaired) electrons. The number of anilines is 1. The molecule has 7 heteroatoms. The first-order chi connectivity index (χ1) is 8.97. The number of hydrogen-bond acceptors (Lipinski definition) is 5. The van der Waals surface area contributed by atoms with Crippen LogP contribution < -0.4 is 10.0 Å². The molecule has 2 rings (SSSR count). The monoisotopic (exact) mass is 285 g/mol. The minimum atomic E-state index is -3.63. The summed E-state index contributed by atoms with van der Waals surface area (Å²) < 4.78 is 32.6. The average Bonchev–Trinajstić information content (AvgIpc) is 2.84. The highest BCUT2D eigenvalue weighted by Crippen LogP contribution is 2.25. The summed E-state index contributed by atoms with van der Waals surface area (Å²) in [6, 6.07) is 3.36. The van der Waals surface area contributed by atoms with Gasteiger partial charge in [-0.1, -0.05) is 0 Å². The van der Waals surface area contributed by atoms with E-state index in [-0.39, 0.29) is 11.6 Å². The molecule has 19 heavy (non-hydrogen) atoms. The Bertz CT molecular complexity index is 539. The van der Waals surface area contributed by atoms with Crippen LogP contribution >= 0.6 is 0 Å². The van der Waals surface area contributed by atoms with Gasteiger partial charge in [-0.2, -0.15) is 0 Å². The van der Waals surface area contributed by atoms with E-state index < -0.39 is 15.6 Å². The largest absolute Gasteiger partial charge is 0.386 e. The van der Waals surface area contributed by atoms with Crippen LogP contribution in [0.3, 0.4) is 0 Å². The smallest absolute Gasteiger partial charge is 0.260 e. The van der Waals surface area contributed by atoms with Crippen molar-refractivity contribution in [3.8, 4) is 0 Å². The first-order valence-electron chi connectivity index (χ1n) is 6.23. The van der Waals surface area contributed by atoms with Crippen LogP contribution in [0.15, 0.2) is 23.4 Å². The van der Waals surface area contributed by atoms with Gasteiger partial charge in [-0.25, -0.2) is 18.1 Å². The number of hydrogen-bond donors (Lipinski definition) is 2. The summed E-state index contributed by atoms with van der Waals surface area (Å²) in [6.45, 7) is 2.86. The van der Waals surface area contributed by atoms with Gasteiger partial charge in [0.15, 0.2) is 5.03 Å². The predicted molar refractivity (Wildman–Crippen MR) is 72.6 cm³/mol. The summed E-state index contributed by atoms with van der Waals surface area (Å²) >= 11 is 0. The van der Waals surface area contributed by atoms with Crippen molar-refractivity contribution in [1.82, 2.24) is 9.71 Å². The zero-order chi connectivity index (χ0) is 13.9. The molecule has 1 saturated heterocycles. The van der Waals surface area contributed by atoms with Crippen LogP contribution in [0.2, 0.25) is 0 Å². The highest BCUT2D eigenvalue weighted by Gasteiger charge is 2.32. The lowest BCUT2D eigenvalue weighted by molar-refractivity contribution is 0.0250.